The zero-order chi connectivity index (χ0) is 25.6. The average Bonchev–Trinajstić information content (AvgIpc) is 3.27. The molecular weight excluding hydrogens is 462 g/mol. The van der Waals surface area contributed by atoms with Crippen molar-refractivity contribution in [1.29, 1.82) is 0 Å². The van der Waals surface area contributed by atoms with Crippen LogP contribution < -0.4 is 10.1 Å². The Morgan fingerprint density at radius 2 is 1.59 bits per heavy atom. The van der Waals surface area contributed by atoms with Crippen LogP contribution in [-0.2, 0) is 13.1 Å². The van der Waals surface area contributed by atoms with Crippen LogP contribution in [-0.4, -0.2) is 58.7 Å². The van der Waals surface area contributed by atoms with E-state index in [-0.39, 0.29) is 6.04 Å². The number of carbonyl (C=O) groups excluding carboxylic acids is 1. The summed E-state index contributed by atoms with van der Waals surface area (Å²) in [6.07, 6.45) is 0.421. The van der Waals surface area contributed by atoms with E-state index < -0.39 is 6.09 Å². The molecule has 192 valence electrons. The summed E-state index contributed by atoms with van der Waals surface area (Å²) >= 11 is 0. The van der Waals surface area contributed by atoms with Gasteiger partial charge in [-0.2, -0.15) is 4.98 Å². The van der Waals surface area contributed by atoms with Gasteiger partial charge < -0.3 is 10.1 Å². The van der Waals surface area contributed by atoms with Gasteiger partial charge in [0.2, 0.25) is 0 Å². The van der Waals surface area contributed by atoms with Gasteiger partial charge in [-0.25, -0.2) is 4.79 Å². The fourth-order valence-corrected chi connectivity index (χ4v) is 5.23. The summed E-state index contributed by atoms with van der Waals surface area (Å²) in [6.45, 7) is 7.74. The van der Waals surface area contributed by atoms with Crippen molar-refractivity contribution in [2.75, 3.05) is 33.2 Å². The van der Waals surface area contributed by atoms with Crippen LogP contribution >= 0.6 is 0 Å². The minimum atomic E-state index is -0.505. The fraction of sp³-hybridized carbons (Fsp3) is 0.333. The second-order valence-corrected chi connectivity index (χ2v) is 9.54. The summed E-state index contributed by atoms with van der Waals surface area (Å²) in [5, 5.41) is 2.50. The molecule has 1 saturated heterocycles. The number of aryl methyl sites for hydroxylation is 1. The van der Waals surface area contributed by atoms with Crippen molar-refractivity contribution in [3.05, 3.63) is 95.6 Å². The largest absolute Gasteiger partial charge is 0.414 e. The molecule has 1 aliphatic rings. The quantitative estimate of drug-likeness (QED) is 0.368. The first-order chi connectivity index (χ1) is 18.2. The first kappa shape index (κ1) is 25.0. The van der Waals surface area contributed by atoms with Crippen molar-refractivity contribution in [2.45, 2.75) is 32.5 Å². The Kier molecular flexibility index (Phi) is 7.82. The highest BCUT2D eigenvalue weighted by Gasteiger charge is 2.26. The zero-order valence-electron chi connectivity index (χ0n) is 21.6. The summed E-state index contributed by atoms with van der Waals surface area (Å²) in [7, 11) is 1.55. The molecule has 1 amide bonds. The predicted octanol–water partition coefficient (Wildman–Crippen LogP) is 5.07. The Bertz CT molecular complexity index is 1270. The van der Waals surface area contributed by atoms with Gasteiger partial charge in [0.05, 0.1) is 17.1 Å². The Labute approximate surface area is 218 Å². The van der Waals surface area contributed by atoms with E-state index in [1.165, 1.54) is 16.7 Å². The van der Waals surface area contributed by atoms with Crippen LogP contribution in [0.5, 0.6) is 6.01 Å². The molecule has 0 unspecified atom stereocenters. The maximum Gasteiger partial charge on any atom is 0.414 e. The molecule has 0 bridgehead atoms. The first-order valence-electron chi connectivity index (χ1n) is 13.1. The van der Waals surface area contributed by atoms with E-state index in [9.17, 15) is 4.79 Å². The molecule has 0 saturated carbocycles. The van der Waals surface area contributed by atoms with E-state index in [1.54, 1.807) is 7.05 Å². The van der Waals surface area contributed by atoms with Crippen molar-refractivity contribution in [2.24, 2.45) is 0 Å². The molecule has 1 aliphatic heterocycles. The molecule has 0 spiro atoms. The third-order valence-corrected chi connectivity index (χ3v) is 7.02. The Morgan fingerprint density at radius 1 is 0.946 bits per heavy atom. The number of nitrogens with zero attached hydrogens (tertiary/aromatic N) is 4. The fourth-order valence-electron chi connectivity index (χ4n) is 5.23. The normalized spacial score (nSPS) is 14.8. The van der Waals surface area contributed by atoms with E-state index in [1.807, 2.05) is 4.57 Å². The summed E-state index contributed by atoms with van der Waals surface area (Å²) < 4.78 is 7.39. The second kappa shape index (κ2) is 11.6. The first-order valence-corrected chi connectivity index (χ1v) is 13.1. The van der Waals surface area contributed by atoms with Crippen molar-refractivity contribution in [1.82, 2.24) is 24.7 Å². The molecule has 1 fully saturated rings. The minimum Gasteiger partial charge on any atom is -0.375 e. The van der Waals surface area contributed by atoms with Gasteiger partial charge in [-0.3, -0.25) is 14.4 Å². The van der Waals surface area contributed by atoms with Gasteiger partial charge in [0.1, 0.15) is 0 Å². The third-order valence-electron chi connectivity index (χ3n) is 7.02. The maximum absolute atomic E-state index is 11.8. The van der Waals surface area contributed by atoms with Gasteiger partial charge in [0.25, 0.3) is 0 Å². The molecule has 7 nitrogen and oxygen atoms in total. The smallest absolute Gasteiger partial charge is 0.375 e. The molecule has 0 atom stereocenters. The van der Waals surface area contributed by atoms with Crippen molar-refractivity contribution < 1.29 is 9.53 Å². The van der Waals surface area contributed by atoms with Gasteiger partial charge in [0, 0.05) is 46.3 Å². The summed E-state index contributed by atoms with van der Waals surface area (Å²) in [4.78, 5) is 21.5. The van der Waals surface area contributed by atoms with Crippen molar-refractivity contribution in [3.8, 4) is 6.01 Å². The molecule has 4 aromatic rings. The molecule has 2 heterocycles. The van der Waals surface area contributed by atoms with Crippen LogP contribution in [0, 0.1) is 0 Å². The molecule has 5 rings (SSSR count). The standard InChI is InChI=1S/C30H35N5O2/c1-3-16-35-27-15-14-23(21-26(27)32-29(35)37-30(36)31-2)22-33-17-19-34(20-18-33)28(24-10-6-4-7-11-24)25-12-8-5-9-13-25/h4-15,21,28H,3,16-20,22H2,1-2H3,(H,31,36). The van der Waals surface area contributed by atoms with Crippen LogP contribution in [0.15, 0.2) is 78.9 Å². The molecule has 7 heteroatoms. The highest BCUT2D eigenvalue weighted by molar-refractivity contribution is 5.79. The van der Waals surface area contributed by atoms with Crippen LogP contribution in [0.1, 0.15) is 36.1 Å². The number of hydrogen-bond donors (Lipinski definition) is 1. The summed E-state index contributed by atoms with van der Waals surface area (Å²) in [6, 6.07) is 28.6. The number of imidazole rings is 1. The van der Waals surface area contributed by atoms with Crippen molar-refractivity contribution >= 4 is 17.1 Å². The van der Waals surface area contributed by atoms with Crippen LogP contribution in [0.2, 0.25) is 0 Å². The number of nitrogens with one attached hydrogen (secondary N) is 1. The van der Waals surface area contributed by atoms with Gasteiger partial charge in [0.15, 0.2) is 0 Å². The Morgan fingerprint density at radius 3 is 2.19 bits per heavy atom. The number of benzene rings is 3. The lowest BCUT2D eigenvalue weighted by Gasteiger charge is -2.39. The van der Waals surface area contributed by atoms with Gasteiger partial charge in [-0.15, -0.1) is 0 Å². The van der Waals surface area contributed by atoms with Crippen LogP contribution in [0.25, 0.3) is 11.0 Å². The zero-order valence-corrected chi connectivity index (χ0v) is 21.6. The SMILES string of the molecule is CCCn1c(OC(=O)NC)nc2cc(CN3CCN(C(c4ccccc4)c4ccccc4)CC3)ccc21. The number of piperazine rings is 1. The predicted molar refractivity (Wildman–Crippen MR) is 147 cm³/mol. The number of ether oxygens (including phenoxy) is 1. The molecule has 0 radical (unpaired) electrons. The molecule has 0 aliphatic carbocycles. The maximum atomic E-state index is 11.8. The highest BCUT2D eigenvalue weighted by atomic mass is 16.6. The monoisotopic (exact) mass is 497 g/mol. The number of carbonyl (C=O) groups is 1. The van der Waals surface area contributed by atoms with E-state index in [0.29, 0.717) is 6.01 Å². The van der Waals surface area contributed by atoms with Crippen LogP contribution in [0.3, 0.4) is 0 Å². The number of aromatic nitrogens is 2. The number of fused-ring (bicyclic) bond motifs is 1. The Hall–Kier alpha value is -3.68. The lowest BCUT2D eigenvalue weighted by molar-refractivity contribution is 0.105. The van der Waals surface area contributed by atoms with Gasteiger partial charge in [-0.1, -0.05) is 73.7 Å². The van der Waals surface area contributed by atoms with E-state index in [2.05, 4.69) is 106 Å². The third kappa shape index (κ3) is 5.68. The summed E-state index contributed by atoms with van der Waals surface area (Å²) in [5.41, 5.74) is 5.74. The van der Waals surface area contributed by atoms with E-state index >= 15 is 0 Å². The minimum absolute atomic E-state index is 0.266. The number of rotatable bonds is 8. The Balaban J connectivity index is 1.29. The topological polar surface area (TPSA) is 62.6 Å². The second-order valence-electron chi connectivity index (χ2n) is 9.54. The molecule has 1 N–H and O–H groups in total. The van der Waals surface area contributed by atoms with Gasteiger partial charge in [-0.05, 0) is 35.2 Å². The van der Waals surface area contributed by atoms with Crippen LogP contribution in [0.4, 0.5) is 4.79 Å². The summed E-state index contributed by atoms with van der Waals surface area (Å²) in [5.74, 6) is 0. The lowest BCUT2D eigenvalue weighted by Crippen LogP contribution is -2.47. The van der Waals surface area contributed by atoms with E-state index in [0.717, 1.165) is 56.7 Å². The molecular formula is C30H35N5O2. The average molecular weight is 498 g/mol. The lowest BCUT2D eigenvalue weighted by atomic mass is 9.96. The molecule has 1 aromatic heterocycles. The molecule has 37 heavy (non-hydrogen) atoms. The van der Waals surface area contributed by atoms with E-state index in [4.69, 9.17) is 4.74 Å². The highest BCUT2D eigenvalue weighted by Crippen LogP contribution is 2.30. The van der Waals surface area contributed by atoms with Gasteiger partial charge >= 0.3 is 12.1 Å². The molecule has 3 aromatic carbocycles. The number of amides is 1. The van der Waals surface area contributed by atoms with Crippen molar-refractivity contribution in [3.63, 3.8) is 0 Å². The number of hydrogen-bond acceptors (Lipinski definition) is 5.